The lowest BCUT2D eigenvalue weighted by Crippen LogP contribution is -2.40. The second-order valence-corrected chi connectivity index (χ2v) is 4.95. The van der Waals surface area contributed by atoms with Gasteiger partial charge < -0.3 is 5.73 Å². The van der Waals surface area contributed by atoms with Gasteiger partial charge in [0, 0.05) is 29.3 Å². The zero-order valence-electron chi connectivity index (χ0n) is 9.00. The van der Waals surface area contributed by atoms with Crippen molar-refractivity contribution in [2.45, 2.75) is 25.9 Å². The fraction of sp³-hybridized carbons (Fsp3) is 0.545. The van der Waals surface area contributed by atoms with Crippen LogP contribution in [0.15, 0.2) is 22.8 Å². The average molecular weight is 275 g/mol. The smallest absolute Gasteiger partial charge is 0.131 e. The molecule has 0 saturated carbocycles. The maximum absolute atomic E-state index is 14.3. The van der Waals surface area contributed by atoms with Crippen LogP contribution in [0.5, 0.6) is 0 Å². The zero-order chi connectivity index (χ0) is 11.5. The molecule has 1 atom stereocenters. The zero-order valence-corrected chi connectivity index (χ0v) is 10.6. The van der Waals surface area contributed by atoms with Crippen molar-refractivity contribution >= 4 is 15.9 Å². The Kier molecular flexibility index (Phi) is 4.22. The molecule has 0 aliphatic heterocycles. The number of nitrogens with zero attached hydrogens (tertiary/aromatic N) is 1. The molecule has 2 nitrogen and oxygen atoms in total. The second-order valence-electron chi connectivity index (χ2n) is 4.04. The summed E-state index contributed by atoms with van der Waals surface area (Å²) >= 11 is 3.29. The predicted molar refractivity (Wildman–Crippen MR) is 63.4 cm³/mol. The Balaban J connectivity index is 2.79. The number of nitrogens with two attached hydrogens (primary N) is 1. The Bertz CT molecular complexity index is 313. The molecule has 0 saturated heterocycles. The molecule has 0 fully saturated rings. The molecule has 0 spiro atoms. The molecule has 1 heterocycles. The molecule has 1 aromatic heterocycles. The molecule has 0 aliphatic carbocycles. The van der Waals surface area contributed by atoms with Crippen LogP contribution in [0.25, 0.3) is 0 Å². The summed E-state index contributed by atoms with van der Waals surface area (Å²) in [4.78, 5) is 4.15. The van der Waals surface area contributed by atoms with Gasteiger partial charge in [-0.25, -0.2) is 4.39 Å². The molecule has 15 heavy (non-hydrogen) atoms. The van der Waals surface area contributed by atoms with Crippen molar-refractivity contribution in [1.29, 1.82) is 0 Å². The molecule has 0 radical (unpaired) electrons. The van der Waals surface area contributed by atoms with Crippen LogP contribution >= 0.6 is 15.9 Å². The van der Waals surface area contributed by atoms with Gasteiger partial charge >= 0.3 is 0 Å². The Morgan fingerprint density at radius 1 is 1.53 bits per heavy atom. The lowest BCUT2D eigenvalue weighted by molar-refractivity contribution is 0.109. The van der Waals surface area contributed by atoms with Gasteiger partial charge in [0.1, 0.15) is 5.67 Å². The van der Waals surface area contributed by atoms with Gasteiger partial charge in [-0.3, -0.25) is 4.98 Å². The van der Waals surface area contributed by atoms with E-state index in [0.717, 1.165) is 10.2 Å². The van der Waals surface area contributed by atoms with Gasteiger partial charge in [0.15, 0.2) is 0 Å². The van der Waals surface area contributed by atoms with Crippen LogP contribution < -0.4 is 5.73 Å². The van der Waals surface area contributed by atoms with Crippen LogP contribution in [0.3, 0.4) is 0 Å². The van der Waals surface area contributed by atoms with Crippen LogP contribution in [0.2, 0.25) is 0 Å². The van der Waals surface area contributed by atoms with E-state index in [-0.39, 0.29) is 18.9 Å². The van der Waals surface area contributed by atoms with Gasteiger partial charge in [-0.05, 0) is 34.0 Å². The summed E-state index contributed by atoms with van der Waals surface area (Å²) in [5, 5.41) is 0. The SMILES string of the molecule is CC(C)C(F)(CN)Cc1ccc(Br)cn1. The van der Waals surface area contributed by atoms with Gasteiger partial charge in [0.25, 0.3) is 0 Å². The van der Waals surface area contributed by atoms with E-state index in [4.69, 9.17) is 5.73 Å². The Morgan fingerprint density at radius 3 is 2.60 bits per heavy atom. The van der Waals surface area contributed by atoms with Gasteiger partial charge in [-0.15, -0.1) is 0 Å². The molecule has 0 bridgehead atoms. The molecular formula is C11H16BrFN2. The van der Waals surface area contributed by atoms with E-state index < -0.39 is 5.67 Å². The first kappa shape index (κ1) is 12.6. The van der Waals surface area contributed by atoms with Crippen molar-refractivity contribution in [1.82, 2.24) is 4.98 Å². The fourth-order valence-corrected chi connectivity index (χ4v) is 1.56. The summed E-state index contributed by atoms with van der Waals surface area (Å²) in [7, 11) is 0. The highest BCUT2D eigenvalue weighted by atomic mass is 79.9. The quantitative estimate of drug-likeness (QED) is 0.917. The van der Waals surface area contributed by atoms with E-state index in [1.165, 1.54) is 0 Å². The summed E-state index contributed by atoms with van der Waals surface area (Å²) in [6, 6.07) is 3.68. The van der Waals surface area contributed by atoms with Crippen molar-refractivity contribution in [3.05, 3.63) is 28.5 Å². The maximum Gasteiger partial charge on any atom is 0.131 e. The van der Waals surface area contributed by atoms with Crippen molar-refractivity contribution in [2.75, 3.05) is 6.54 Å². The highest BCUT2D eigenvalue weighted by Gasteiger charge is 2.32. The molecule has 1 unspecified atom stereocenters. The fourth-order valence-electron chi connectivity index (χ4n) is 1.32. The van der Waals surface area contributed by atoms with Gasteiger partial charge in [-0.1, -0.05) is 13.8 Å². The minimum absolute atomic E-state index is 0.0302. The Hall–Kier alpha value is -0.480. The first-order chi connectivity index (χ1) is 6.98. The third-order valence-electron chi connectivity index (χ3n) is 2.64. The second kappa shape index (κ2) is 5.03. The van der Waals surface area contributed by atoms with E-state index in [1.807, 2.05) is 26.0 Å². The first-order valence-electron chi connectivity index (χ1n) is 4.97. The molecule has 2 N–H and O–H groups in total. The minimum Gasteiger partial charge on any atom is -0.328 e. The van der Waals surface area contributed by atoms with Crippen LogP contribution in [-0.4, -0.2) is 17.2 Å². The number of rotatable bonds is 4. The van der Waals surface area contributed by atoms with E-state index in [9.17, 15) is 4.39 Å². The number of pyridine rings is 1. The first-order valence-corrected chi connectivity index (χ1v) is 5.76. The molecule has 0 aromatic carbocycles. The minimum atomic E-state index is -1.36. The summed E-state index contributed by atoms with van der Waals surface area (Å²) in [5.74, 6) is -0.104. The predicted octanol–water partition coefficient (Wildman–Crippen LogP) is 2.71. The summed E-state index contributed by atoms with van der Waals surface area (Å²) in [6.07, 6.45) is 1.95. The maximum atomic E-state index is 14.3. The average Bonchev–Trinajstić information content (AvgIpc) is 2.21. The molecule has 84 valence electrons. The standard InChI is InChI=1S/C11H16BrFN2/c1-8(2)11(13,7-14)5-10-4-3-9(12)6-15-10/h3-4,6,8H,5,7,14H2,1-2H3. The molecule has 0 aliphatic rings. The molecule has 0 amide bonds. The molecule has 1 aromatic rings. The van der Waals surface area contributed by atoms with Crippen LogP contribution in [0.4, 0.5) is 4.39 Å². The van der Waals surface area contributed by atoms with E-state index in [0.29, 0.717) is 0 Å². The van der Waals surface area contributed by atoms with Gasteiger partial charge in [-0.2, -0.15) is 0 Å². The van der Waals surface area contributed by atoms with E-state index in [2.05, 4.69) is 20.9 Å². The topological polar surface area (TPSA) is 38.9 Å². The lowest BCUT2D eigenvalue weighted by Gasteiger charge is -2.27. The molecular weight excluding hydrogens is 259 g/mol. The third-order valence-corrected chi connectivity index (χ3v) is 3.11. The number of alkyl halides is 1. The van der Waals surface area contributed by atoms with Crippen molar-refractivity contribution < 1.29 is 4.39 Å². The van der Waals surface area contributed by atoms with E-state index >= 15 is 0 Å². The van der Waals surface area contributed by atoms with Crippen molar-refractivity contribution in [2.24, 2.45) is 11.7 Å². The number of hydrogen-bond donors (Lipinski definition) is 1. The number of aromatic nitrogens is 1. The number of hydrogen-bond acceptors (Lipinski definition) is 2. The van der Waals surface area contributed by atoms with Gasteiger partial charge in [0.05, 0.1) is 0 Å². The van der Waals surface area contributed by atoms with Crippen LogP contribution in [-0.2, 0) is 6.42 Å². The van der Waals surface area contributed by atoms with Crippen molar-refractivity contribution in [3.63, 3.8) is 0 Å². The largest absolute Gasteiger partial charge is 0.328 e. The summed E-state index contributed by atoms with van der Waals surface area (Å²) in [6.45, 7) is 3.71. The Labute approximate surface area is 98.2 Å². The summed E-state index contributed by atoms with van der Waals surface area (Å²) in [5.41, 5.74) is 4.85. The van der Waals surface area contributed by atoms with Crippen LogP contribution in [0, 0.1) is 5.92 Å². The molecule has 4 heteroatoms. The highest BCUT2D eigenvalue weighted by molar-refractivity contribution is 9.10. The lowest BCUT2D eigenvalue weighted by atomic mass is 9.88. The number of halogens is 2. The normalized spacial score (nSPS) is 15.3. The Morgan fingerprint density at radius 2 is 2.20 bits per heavy atom. The van der Waals surface area contributed by atoms with Gasteiger partial charge in [0.2, 0.25) is 0 Å². The monoisotopic (exact) mass is 274 g/mol. The summed E-state index contributed by atoms with van der Waals surface area (Å²) < 4.78 is 15.1. The highest BCUT2D eigenvalue weighted by Crippen LogP contribution is 2.25. The third kappa shape index (κ3) is 3.24. The van der Waals surface area contributed by atoms with E-state index in [1.54, 1.807) is 6.20 Å². The molecule has 1 rings (SSSR count). The van der Waals surface area contributed by atoms with Crippen LogP contribution in [0.1, 0.15) is 19.5 Å². The van der Waals surface area contributed by atoms with Crippen molar-refractivity contribution in [3.8, 4) is 0 Å².